The molecule has 1 aromatic carbocycles. The Kier molecular flexibility index (Phi) is 7.87. The fourth-order valence-corrected chi connectivity index (χ4v) is 3.35. The number of carbonyl (C=O) groups is 2. The summed E-state index contributed by atoms with van der Waals surface area (Å²) in [5.41, 5.74) is 1.32. The average molecular weight is 390 g/mol. The molecule has 2 amide bonds. The zero-order chi connectivity index (χ0) is 20.7. The maximum absolute atomic E-state index is 12.8. The first-order valence-electron chi connectivity index (χ1n) is 10.3. The molecule has 28 heavy (non-hydrogen) atoms. The van der Waals surface area contributed by atoms with Crippen LogP contribution in [-0.2, 0) is 15.0 Å². The van der Waals surface area contributed by atoms with Gasteiger partial charge in [0.25, 0.3) is 5.91 Å². The Morgan fingerprint density at radius 2 is 1.79 bits per heavy atom. The van der Waals surface area contributed by atoms with Gasteiger partial charge in [-0.15, -0.1) is 0 Å². The van der Waals surface area contributed by atoms with Crippen molar-refractivity contribution in [1.82, 2.24) is 15.1 Å². The van der Waals surface area contributed by atoms with Crippen LogP contribution in [0.5, 0.6) is 5.75 Å². The Bertz CT molecular complexity index is 652. The topological polar surface area (TPSA) is 61.9 Å². The summed E-state index contributed by atoms with van der Waals surface area (Å²) < 4.78 is 5.89. The van der Waals surface area contributed by atoms with E-state index >= 15 is 0 Å². The number of rotatable bonds is 6. The van der Waals surface area contributed by atoms with Crippen LogP contribution in [0.15, 0.2) is 24.3 Å². The summed E-state index contributed by atoms with van der Waals surface area (Å²) in [5, 5.41) is 2.82. The van der Waals surface area contributed by atoms with Gasteiger partial charge in [-0.25, -0.2) is 0 Å². The number of ether oxygens (including phenoxy) is 1. The van der Waals surface area contributed by atoms with Crippen molar-refractivity contribution in [2.24, 2.45) is 0 Å². The Balaban J connectivity index is 1.88. The number of nitrogens with zero attached hydrogens (tertiary/aromatic N) is 2. The van der Waals surface area contributed by atoms with E-state index in [9.17, 15) is 9.59 Å². The van der Waals surface area contributed by atoms with Crippen molar-refractivity contribution in [3.8, 4) is 5.75 Å². The standard InChI is InChI=1S/C22H35N3O3/c1-6-23-20(26)16-24-12-7-13-25(15-14-24)21(27)17(2)28-19-10-8-18(9-11-19)22(3,4)5/h8-11,17H,6-7,12-16H2,1-5H3,(H,23,26). The molecular formula is C22H35N3O3. The molecule has 1 aromatic rings. The number of hydrogen-bond acceptors (Lipinski definition) is 4. The van der Waals surface area contributed by atoms with E-state index in [2.05, 4.69) is 43.1 Å². The van der Waals surface area contributed by atoms with E-state index in [1.807, 2.05) is 24.0 Å². The summed E-state index contributed by atoms with van der Waals surface area (Å²) in [4.78, 5) is 28.6. The van der Waals surface area contributed by atoms with Gasteiger partial charge in [0.15, 0.2) is 6.10 Å². The normalized spacial score (nSPS) is 17.0. The Morgan fingerprint density at radius 3 is 2.39 bits per heavy atom. The largest absolute Gasteiger partial charge is 0.481 e. The van der Waals surface area contributed by atoms with E-state index in [1.165, 1.54) is 5.56 Å². The van der Waals surface area contributed by atoms with Crippen LogP contribution in [0.25, 0.3) is 0 Å². The molecule has 1 unspecified atom stereocenters. The number of benzene rings is 1. The molecule has 1 atom stereocenters. The fourth-order valence-electron chi connectivity index (χ4n) is 3.35. The molecule has 1 N–H and O–H groups in total. The minimum Gasteiger partial charge on any atom is -0.481 e. The van der Waals surface area contributed by atoms with Gasteiger partial charge in [0.1, 0.15) is 5.75 Å². The highest BCUT2D eigenvalue weighted by Crippen LogP contribution is 2.24. The van der Waals surface area contributed by atoms with Gasteiger partial charge in [-0.05, 0) is 43.4 Å². The molecule has 1 aliphatic rings. The fraction of sp³-hybridized carbons (Fsp3) is 0.636. The van der Waals surface area contributed by atoms with Crippen molar-refractivity contribution in [3.05, 3.63) is 29.8 Å². The molecule has 0 radical (unpaired) electrons. The van der Waals surface area contributed by atoms with Crippen LogP contribution in [-0.4, -0.2) is 67.0 Å². The molecule has 0 aliphatic carbocycles. The first-order valence-corrected chi connectivity index (χ1v) is 10.3. The summed E-state index contributed by atoms with van der Waals surface area (Å²) in [5.74, 6) is 0.749. The lowest BCUT2D eigenvalue weighted by Crippen LogP contribution is -2.43. The Hall–Kier alpha value is -2.08. The van der Waals surface area contributed by atoms with Crippen molar-refractivity contribution in [3.63, 3.8) is 0 Å². The lowest BCUT2D eigenvalue weighted by molar-refractivity contribution is -0.137. The minimum absolute atomic E-state index is 0.000224. The van der Waals surface area contributed by atoms with Crippen molar-refractivity contribution in [1.29, 1.82) is 0 Å². The van der Waals surface area contributed by atoms with Crippen LogP contribution in [0.2, 0.25) is 0 Å². The highest BCUT2D eigenvalue weighted by Gasteiger charge is 2.25. The highest BCUT2D eigenvalue weighted by molar-refractivity contribution is 5.81. The Labute approximate surface area is 169 Å². The average Bonchev–Trinajstić information content (AvgIpc) is 2.86. The van der Waals surface area contributed by atoms with E-state index in [-0.39, 0.29) is 17.2 Å². The highest BCUT2D eigenvalue weighted by atomic mass is 16.5. The summed E-state index contributed by atoms with van der Waals surface area (Å²) in [6, 6.07) is 7.97. The predicted molar refractivity (Wildman–Crippen MR) is 112 cm³/mol. The van der Waals surface area contributed by atoms with Crippen LogP contribution in [0.4, 0.5) is 0 Å². The Morgan fingerprint density at radius 1 is 1.11 bits per heavy atom. The van der Waals surface area contributed by atoms with Gasteiger partial charge in [-0.3, -0.25) is 14.5 Å². The molecule has 0 spiro atoms. The lowest BCUT2D eigenvalue weighted by atomic mass is 9.87. The van der Waals surface area contributed by atoms with Crippen LogP contribution in [0.3, 0.4) is 0 Å². The molecule has 6 nitrogen and oxygen atoms in total. The van der Waals surface area contributed by atoms with Gasteiger partial charge in [0.2, 0.25) is 5.91 Å². The van der Waals surface area contributed by atoms with E-state index in [0.29, 0.717) is 38.5 Å². The monoisotopic (exact) mass is 389 g/mol. The molecule has 156 valence electrons. The van der Waals surface area contributed by atoms with Gasteiger partial charge in [0, 0.05) is 32.7 Å². The first-order chi connectivity index (χ1) is 13.2. The van der Waals surface area contributed by atoms with Crippen LogP contribution < -0.4 is 10.1 Å². The quantitative estimate of drug-likeness (QED) is 0.812. The van der Waals surface area contributed by atoms with E-state index in [0.717, 1.165) is 13.0 Å². The van der Waals surface area contributed by atoms with Crippen LogP contribution in [0, 0.1) is 0 Å². The molecule has 0 bridgehead atoms. The second-order valence-corrected chi connectivity index (χ2v) is 8.44. The molecule has 0 saturated carbocycles. The number of amides is 2. The third-order valence-corrected chi connectivity index (χ3v) is 5.02. The summed E-state index contributed by atoms with van der Waals surface area (Å²) >= 11 is 0. The third kappa shape index (κ3) is 6.51. The van der Waals surface area contributed by atoms with Gasteiger partial charge in [0.05, 0.1) is 6.54 Å². The smallest absolute Gasteiger partial charge is 0.263 e. The van der Waals surface area contributed by atoms with Crippen molar-refractivity contribution in [2.45, 2.75) is 52.6 Å². The number of nitrogens with one attached hydrogen (secondary N) is 1. The zero-order valence-corrected chi connectivity index (χ0v) is 18.0. The molecule has 1 aliphatic heterocycles. The first kappa shape index (κ1) is 22.2. The number of hydrogen-bond donors (Lipinski definition) is 1. The molecule has 0 aromatic heterocycles. The SMILES string of the molecule is CCNC(=O)CN1CCCN(C(=O)C(C)Oc2ccc(C(C)(C)C)cc2)CC1. The van der Waals surface area contributed by atoms with Crippen molar-refractivity contribution < 1.29 is 14.3 Å². The second kappa shape index (κ2) is 9.92. The molecule has 1 saturated heterocycles. The molecular weight excluding hydrogens is 354 g/mol. The molecule has 6 heteroatoms. The maximum atomic E-state index is 12.8. The minimum atomic E-state index is -0.532. The van der Waals surface area contributed by atoms with E-state index < -0.39 is 6.10 Å². The second-order valence-electron chi connectivity index (χ2n) is 8.44. The summed E-state index contributed by atoms with van der Waals surface area (Å²) in [7, 11) is 0. The van der Waals surface area contributed by atoms with Crippen molar-refractivity contribution >= 4 is 11.8 Å². The van der Waals surface area contributed by atoms with Gasteiger partial charge in [-0.2, -0.15) is 0 Å². The van der Waals surface area contributed by atoms with Gasteiger partial charge >= 0.3 is 0 Å². The van der Waals surface area contributed by atoms with Crippen LogP contribution >= 0.6 is 0 Å². The molecule has 2 rings (SSSR count). The van der Waals surface area contributed by atoms with Gasteiger partial charge in [-0.1, -0.05) is 32.9 Å². The maximum Gasteiger partial charge on any atom is 0.263 e. The zero-order valence-electron chi connectivity index (χ0n) is 18.0. The predicted octanol–water partition coefficient (Wildman–Crippen LogP) is 2.42. The third-order valence-electron chi connectivity index (χ3n) is 5.02. The molecule has 1 heterocycles. The summed E-state index contributed by atoms with van der Waals surface area (Å²) in [6.07, 6.45) is 0.327. The summed E-state index contributed by atoms with van der Waals surface area (Å²) in [6.45, 7) is 14.1. The lowest BCUT2D eigenvalue weighted by Gasteiger charge is -2.25. The van der Waals surface area contributed by atoms with Crippen molar-refractivity contribution in [2.75, 3.05) is 39.3 Å². The van der Waals surface area contributed by atoms with E-state index in [1.54, 1.807) is 6.92 Å². The van der Waals surface area contributed by atoms with Crippen LogP contribution in [0.1, 0.15) is 46.6 Å². The number of carbonyl (C=O) groups excluding carboxylic acids is 2. The number of likely N-dealkylation sites (N-methyl/N-ethyl adjacent to an activating group) is 1. The van der Waals surface area contributed by atoms with Gasteiger partial charge < -0.3 is 15.0 Å². The molecule has 1 fully saturated rings. The van der Waals surface area contributed by atoms with E-state index in [4.69, 9.17) is 4.74 Å².